The van der Waals surface area contributed by atoms with Gasteiger partial charge in [-0.15, -0.1) is 0 Å². The average Bonchev–Trinajstić information content (AvgIpc) is 2.03. The fraction of sp³-hybridized carbons (Fsp3) is 0.300. The van der Waals surface area contributed by atoms with Crippen LogP contribution in [0.15, 0.2) is 36.5 Å². The van der Waals surface area contributed by atoms with Crippen molar-refractivity contribution in [3.05, 3.63) is 36.5 Å². The smallest absolute Gasteiger partial charge is 0.330 e. The molecule has 0 spiro atoms. The molecular formula is C10H14O2. The van der Waals surface area contributed by atoms with Gasteiger partial charge in [-0.05, 0) is 19.8 Å². The molecule has 0 aromatic rings. The zero-order valence-corrected chi connectivity index (χ0v) is 7.29. The molecule has 0 saturated carbocycles. The van der Waals surface area contributed by atoms with Gasteiger partial charge in [0.2, 0.25) is 0 Å². The van der Waals surface area contributed by atoms with Crippen LogP contribution in [0.3, 0.4) is 0 Å². The molecule has 0 saturated heterocycles. The average molecular weight is 166 g/mol. The maximum Gasteiger partial charge on any atom is 0.330 e. The molecule has 0 atom stereocenters. The molecular weight excluding hydrogens is 152 g/mol. The van der Waals surface area contributed by atoms with E-state index >= 15 is 0 Å². The molecule has 0 unspecified atom stereocenters. The highest BCUT2D eigenvalue weighted by atomic mass is 16.4. The third-order valence-corrected chi connectivity index (χ3v) is 1.39. The van der Waals surface area contributed by atoms with Gasteiger partial charge in [-0.25, -0.2) is 4.79 Å². The molecule has 0 aromatic carbocycles. The first kappa shape index (κ1) is 10.7. The standard InChI is InChI=1S/C10H14O2/c1-3-4-5-6-7-8-9(2)10(11)12/h3-5,8H,1,6-7H2,2H3,(H,11,12). The van der Waals surface area contributed by atoms with Crippen LogP contribution in [0.1, 0.15) is 19.8 Å². The van der Waals surface area contributed by atoms with E-state index in [0.29, 0.717) is 5.57 Å². The van der Waals surface area contributed by atoms with E-state index in [4.69, 9.17) is 5.11 Å². The molecule has 2 heteroatoms. The van der Waals surface area contributed by atoms with E-state index in [1.54, 1.807) is 19.1 Å². The predicted octanol–water partition coefficient (Wildman–Crippen LogP) is 2.54. The van der Waals surface area contributed by atoms with Crippen LogP contribution in [0.2, 0.25) is 0 Å². The minimum absolute atomic E-state index is 0.405. The molecule has 12 heavy (non-hydrogen) atoms. The van der Waals surface area contributed by atoms with E-state index in [9.17, 15) is 4.79 Å². The van der Waals surface area contributed by atoms with E-state index in [2.05, 4.69) is 6.58 Å². The number of carboxylic acids is 1. The quantitative estimate of drug-likeness (QED) is 0.387. The van der Waals surface area contributed by atoms with Crippen LogP contribution in [-0.2, 0) is 4.79 Å². The van der Waals surface area contributed by atoms with Crippen LogP contribution >= 0.6 is 0 Å². The van der Waals surface area contributed by atoms with E-state index in [1.807, 2.05) is 12.2 Å². The lowest BCUT2D eigenvalue weighted by Gasteiger charge is -1.90. The van der Waals surface area contributed by atoms with Crippen molar-refractivity contribution in [3.63, 3.8) is 0 Å². The molecule has 0 aliphatic heterocycles. The summed E-state index contributed by atoms with van der Waals surface area (Å²) in [7, 11) is 0. The summed E-state index contributed by atoms with van der Waals surface area (Å²) >= 11 is 0. The number of aliphatic carboxylic acids is 1. The number of hydrogen-bond acceptors (Lipinski definition) is 1. The Bertz CT molecular complexity index is 212. The summed E-state index contributed by atoms with van der Waals surface area (Å²) in [4.78, 5) is 10.3. The minimum atomic E-state index is -0.845. The van der Waals surface area contributed by atoms with Crippen molar-refractivity contribution in [2.75, 3.05) is 0 Å². The van der Waals surface area contributed by atoms with Crippen molar-refractivity contribution in [1.82, 2.24) is 0 Å². The Kier molecular flexibility index (Phi) is 5.70. The topological polar surface area (TPSA) is 37.3 Å². The summed E-state index contributed by atoms with van der Waals surface area (Å²) in [6.45, 7) is 5.12. The third kappa shape index (κ3) is 5.47. The Morgan fingerprint density at radius 1 is 1.50 bits per heavy atom. The van der Waals surface area contributed by atoms with Gasteiger partial charge in [-0.3, -0.25) is 0 Å². The summed E-state index contributed by atoms with van der Waals surface area (Å²) < 4.78 is 0. The summed E-state index contributed by atoms with van der Waals surface area (Å²) in [5.74, 6) is -0.845. The van der Waals surface area contributed by atoms with Crippen LogP contribution in [0.4, 0.5) is 0 Å². The largest absolute Gasteiger partial charge is 0.478 e. The number of allylic oxidation sites excluding steroid dienone is 4. The first-order valence-electron chi connectivity index (χ1n) is 3.86. The van der Waals surface area contributed by atoms with Crippen molar-refractivity contribution in [3.8, 4) is 0 Å². The molecule has 0 rings (SSSR count). The Morgan fingerprint density at radius 3 is 2.67 bits per heavy atom. The highest BCUT2D eigenvalue weighted by molar-refractivity contribution is 5.85. The van der Waals surface area contributed by atoms with E-state index in [1.165, 1.54) is 0 Å². The number of hydrogen-bond donors (Lipinski definition) is 1. The van der Waals surface area contributed by atoms with Crippen LogP contribution in [-0.4, -0.2) is 11.1 Å². The lowest BCUT2D eigenvalue weighted by Crippen LogP contribution is -1.95. The lowest BCUT2D eigenvalue weighted by molar-refractivity contribution is -0.132. The first-order valence-corrected chi connectivity index (χ1v) is 3.86. The van der Waals surface area contributed by atoms with Gasteiger partial charge in [-0.2, -0.15) is 0 Å². The maximum atomic E-state index is 10.3. The Morgan fingerprint density at radius 2 is 2.17 bits per heavy atom. The van der Waals surface area contributed by atoms with Gasteiger partial charge >= 0.3 is 5.97 Å². The second kappa shape index (κ2) is 6.40. The van der Waals surface area contributed by atoms with Crippen LogP contribution in [0.5, 0.6) is 0 Å². The second-order valence-corrected chi connectivity index (χ2v) is 2.43. The van der Waals surface area contributed by atoms with Crippen LogP contribution in [0.25, 0.3) is 0 Å². The molecule has 0 amide bonds. The Labute approximate surface area is 72.9 Å². The number of rotatable bonds is 5. The molecule has 66 valence electrons. The van der Waals surface area contributed by atoms with E-state index < -0.39 is 5.97 Å². The second-order valence-electron chi connectivity index (χ2n) is 2.43. The van der Waals surface area contributed by atoms with Gasteiger partial charge in [0.1, 0.15) is 0 Å². The van der Waals surface area contributed by atoms with Gasteiger partial charge < -0.3 is 5.11 Å². The zero-order chi connectivity index (χ0) is 9.40. The van der Waals surface area contributed by atoms with Crippen molar-refractivity contribution in [1.29, 1.82) is 0 Å². The summed E-state index contributed by atoms with van der Waals surface area (Å²) in [5.41, 5.74) is 0.405. The van der Waals surface area contributed by atoms with Gasteiger partial charge in [0.15, 0.2) is 0 Å². The molecule has 0 heterocycles. The fourth-order valence-electron chi connectivity index (χ4n) is 0.676. The number of unbranched alkanes of at least 4 members (excludes halogenated alkanes) is 1. The zero-order valence-electron chi connectivity index (χ0n) is 7.29. The summed E-state index contributed by atoms with van der Waals surface area (Å²) in [5, 5.41) is 8.48. The van der Waals surface area contributed by atoms with Crippen molar-refractivity contribution >= 4 is 5.97 Å². The van der Waals surface area contributed by atoms with Crippen molar-refractivity contribution in [2.24, 2.45) is 0 Å². The highest BCUT2D eigenvalue weighted by Crippen LogP contribution is 1.99. The van der Waals surface area contributed by atoms with Crippen LogP contribution < -0.4 is 0 Å². The minimum Gasteiger partial charge on any atom is -0.478 e. The predicted molar refractivity (Wildman–Crippen MR) is 50.0 cm³/mol. The molecule has 1 N–H and O–H groups in total. The number of carboxylic acid groups (broad SMARTS) is 1. The molecule has 2 nitrogen and oxygen atoms in total. The Balaban J connectivity index is 3.67. The van der Waals surface area contributed by atoms with Gasteiger partial charge in [0, 0.05) is 5.57 Å². The molecule has 0 aromatic heterocycles. The summed E-state index contributed by atoms with van der Waals surface area (Å²) in [6.07, 6.45) is 8.85. The molecule has 0 radical (unpaired) electrons. The fourth-order valence-corrected chi connectivity index (χ4v) is 0.676. The third-order valence-electron chi connectivity index (χ3n) is 1.39. The number of carbonyl (C=O) groups is 1. The molecule has 0 bridgehead atoms. The van der Waals surface area contributed by atoms with Crippen molar-refractivity contribution in [2.45, 2.75) is 19.8 Å². The van der Waals surface area contributed by atoms with Crippen LogP contribution in [0, 0.1) is 0 Å². The SMILES string of the molecule is C=CC=CCCC=C(C)C(=O)O. The normalized spacial score (nSPS) is 11.9. The maximum absolute atomic E-state index is 10.3. The molecule has 0 fully saturated rings. The lowest BCUT2D eigenvalue weighted by atomic mass is 10.2. The van der Waals surface area contributed by atoms with Gasteiger partial charge in [0.25, 0.3) is 0 Å². The van der Waals surface area contributed by atoms with E-state index in [0.717, 1.165) is 12.8 Å². The highest BCUT2D eigenvalue weighted by Gasteiger charge is 1.96. The summed E-state index contributed by atoms with van der Waals surface area (Å²) in [6, 6.07) is 0. The van der Waals surface area contributed by atoms with E-state index in [-0.39, 0.29) is 0 Å². The first-order chi connectivity index (χ1) is 5.68. The van der Waals surface area contributed by atoms with Gasteiger partial charge in [0.05, 0.1) is 0 Å². The molecule has 0 aliphatic rings. The van der Waals surface area contributed by atoms with Crippen molar-refractivity contribution < 1.29 is 9.90 Å². The monoisotopic (exact) mass is 166 g/mol. The molecule has 0 aliphatic carbocycles. The Hall–Kier alpha value is -1.31. The van der Waals surface area contributed by atoms with Gasteiger partial charge in [-0.1, -0.05) is 30.9 Å².